The lowest BCUT2D eigenvalue weighted by atomic mass is 10.1. The third-order valence-electron chi connectivity index (χ3n) is 1.79. The minimum absolute atomic E-state index is 0.147. The van der Waals surface area contributed by atoms with Gasteiger partial charge in [0, 0.05) is 5.56 Å². The minimum Gasteiger partial charge on any atom is -0.389 e. The van der Waals surface area contributed by atoms with E-state index in [1.807, 2.05) is 0 Å². The van der Waals surface area contributed by atoms with Gasteiger partial charge in [0.25, 0.3) is 0 Å². The first kappa shape index (κ1) is 11.0. The molecule has 0 spiro atoms. The molecule has 0 aliphatic carbocycles. The molecule has 1 unspecified atom stereocenters. The van der Waals surface area contributed by atoms with E-state index >= 15 is 0 Å². The van der Waals surface area contributed by atoms with Crippen molar-refractivity contribution in [3.8, 4) is 0 Å². The van der Waals surface area contributed by atoms with E-state index in [0.29, 0.717) is 4.47 Å². The fourth-order valence-electron chi connectivity index (χ4n) is 1.12. The highest BCUT2D eigenvalue weighted by Crippen LogP contribution is 2.33. The summed E-state index contributed by atoms with van der Waals surface area (Å²) in [5, 5.41) is 9.58. The van der Waals surface area contributed by atoms with Gasteiger partial charge < -0.3 is 5.11 Å². The van der Waals surface area contributed by atoms with E-state index in [1.54, 1.807) is 13.0 Å². The molecule has 0 radical (unpaired) electrons. The van der Waals surface area contributed by atoms with Crippen molar-refractivity contribution in [2.75, 3.05) is 0 Å². The van der Waals surface area contributed by atoms with Gasteiger partial charge in [-0.3, -0.25) is 0 Å². The maximum atomic E-state index is 13.4. The average molecular weight is 268 g/mol. The van der Waals surface area contributed by atoms with E-state index in [-0.39, 0.29) is 10.6 Å². The van der Waals surface area contributed by atoms with Crippen molar-refractivity contribution >= 4 is 27.5 Å². The Kier molecular flexibility index (Phi) is 3.33. The highest BCUT2D eigenvalue weighted by Gasteiger charge is 2.17. The Hall–Kier alpha value is -0.120. The van der Waals surface area contributed by atoms with Crippen LogP contribution in [0.2, 0.25) is 5.02 Å². The number of hydrogen-bond acceptors (Lipinski definition) is 1. The summed E-state index contributed by atoms with van der Waals surface area (Å²) in [6, 6.07) is 1.59. The van der Waals surface area contributed by atoms with Gasteiger partial charge >= 0.3 is 0 Å². The van der Waals surface area contributed by atoms with E-state index in [2.05, 4.69) is 15.9 Å². The molecule has 1 aromatic rings. The van der Waals surface area contributed by atoms with Crippen molar-refractivity contribution < 1.29 is 9.50 Å². The van der Waals surface area contributed by atoms with Crippen LogP contribution in [0, 0.1) is 12.7 Å². The number of hydrogen-bond donors (Lipinski definition) is 1. The zero-order valence-electron chi connectivity index (χ0n) is 7.24. The molecular weight excluding hydrogens is 258 g/mol. The number of rotatable bonds is 1. The van der Waals surface area contributed by atoms with E-state index in [4.69, 9.17) is 11.6 Å². The predicted molar refractivity (Wildman–Crippen MR) is 54.5 cm³/mol. The van der Waals surface area contributed by atoms with Gasteiger partial charge in [-0.15, -0.1) is 0 Å². The molecule has 0 saturated carbocycles. The Bertz CT molecular complexity index is 313. The quantitative estimate of drug-likeness (QED) is 0.771. The van der Waals surface area contributed by atoms with Crippen molar-refractivity contribution in [1.82, 2.24) is 0 Å². The maximum absolute atomic E-state index is 13.4. The SMILES string of the molecule is Cc1cc(Br)c(F)c(C(C)O)c1Cl. The molecule has 0 fully saturated rings. The van der Waals surface area contributed by atoms with Gasteiger partial charge in [-0.2, -0.15) is 0 Å². The Labute approximate surface area is 89.7 Å². The minimum atomic E-state index is -0.899. The lowest BCUT2D eigenvalue weighted by Gasteiger charge is -2.12. The molecule has 0 aliphatic rings. The molecule has 1 N–H and O–H groups in total. The topological polar surface area (TPSA) is 20.2 Å². The van der Waals surface area contributed by atoms with Crippen LogP contribution in [-0.2, 0) is 0 Å². The molecule has 0 heterocycles. The first-order valence-electron chi connectivity index (χ1n) is 3.77. The van der Waals surface area contributed by atoms with Crippen LogP contribution in [0.1, 0.15) is 24.2 Å². The summed E-state index contributed by atoms with van der Waals surface area (Å²) >= 11 is 8.90. The van der Waals surface area contributed by atoms with Crippen LogP contribution in [0.3, 0.4) is 0 Å². The van der Waals surface area contributed by atoms with Crippen molar-refractivity contribution in [2.24, 2.45) is 0 Å². The van der Waals surface area contributed by atoms with Crippen LogP contribution in [0.5, 0.6) is 0 Å². The molecule has 4 heteroatoms. The molecule has 72 valence electrons. The molecule has 1 rings (SSSR count). The van der Waals surface area contributed by atoms with Gasteiger partial charge in [0.2, 0.25) is 0 Å². The largest absolute Gasteiger partial charge is 0.389 e. The molecule has 0 aromatic heterocycles. The van der Waals surface area contributed by atoms with Crippen molar-refractivity contribution in [2.45, 2.75) is 20.0 Å². The number of aliphatic hydroxyl groups is 1. The van der Waals surface area contributed by atoms with Gasteiger partial charge in [0.05, 0.1) is 15.6 Å². The number of aliphatic hydroxyl groups excluding tert-OH is 1. The molecule has 1 aromatic carbocycles. The zero-order chi connectivity index (χ0) is 10.2. The van der Waals surface area contributed by atoms with Gasteiger partial charge in [-0.1, -0.05) is 11.6 Å². The third-order valence-corrected chi connectivity index (χ3v) is 2.87. The van der Waals surface area contributed by atoms with Crippen LogP contribution in [0.15, 0.2) is 10.5 Å². The highest BCUT2D eigenvalue weighted by molar-refractivity contribution is 9.10. The molecule has 0 amide bonds. The summed E-state index contributed by atoms with van der Waals surface area (Å²) in [6.07, 6.45) is -0.899. The summed E-state index contributed by atoms with van der Waals surface area (Å²) < 4.78 is 13.7. The molecule has 0 saturated heterocycles. The van der Waals surface area contributed by atoms with Crippen molar-refractivity contribution in [1.29, 1.82) is 0 Å². The molecule has 0 aliphatic heterocycles. The lowest BCUT2D eigenvalue weighted by Crippen LogP contribution is -1.99. The number of aryl methyl sites for hydroxylation is 1. The smallest absolute Gasteiger partial charge is 0.144 e. The van der Waals surface area contributed by atoms with Gasteiger partial charge in [0.1, 0.15) is 5.82 Å². The first-order valence-corrected chi connectivity index (χ1v) is 4.94. The van der Waals surface area contributed by atoms with E-state index in [1.165, 1.54) is 6.92 Å². The second-order valence-corrected chi connectivity index (χ2v) is 4.13. The first-order chi connectivity index (χ1) is 5.95. The summed E-state index contributed by atoms with van der Waals surface area (Å²) in [5.41, 5.74) is 0.888. The fraction of sp³-hybridized carbons (Fsp3) is 0.333. The van der Waals surface area contributed by atoms with Crippen molar-refractivity contribution in [3.05, 3.63) is 32.5 Å². The normalized spacial score (nSPS) is 13.1. The predicted octanol–water partition coefficient (Wildman–Crippen LogP) is 3.60. The van der Waals surface area contributed by atoms with Gasteiger partial charge in [0.15, 0.2) is 0 Å². The molecule has 1 nitrogen and oxygen atoms in total. The van der Waals surface area contributed by atoms with Gasteiger partial charge in [-0.25, -0.2) is 4.39 Å². The second kappa shape index (κ2) is 3.95. The molecule has 1 atom stereocenters. The van der Waals surface area contributed by atoms with Crippen LogP contribution in [0.25, 0.3) is 0 Å². The molecular formula is C9H9BrClFO. The van der Waals surface area contributed by atoms with Crippen LogP contribution < -0.4 is 0 Å². The molecule has 13 heavy (non-hydrogen) atoms. The summed E-state index contributed by atoms with van der Waals surface area (Å²) in [4.78, 5) is 0. The fourth-order valence-corrected chi connectivity index (χ4v) is 1.97. The van der Waals surface area contributed by atoms with Gasteiger partial charge in [-0.05, 0) is 41.4 Å². The Morgan fingerprint density at radius 1 is 1.62 bits per heavy atom. The number of halogens is 3. The van der Waals surface area contributed by atoms with Crippen LogP contribution in [0.4, 0.5) is 4.39 Å². The molecule has 0 bridgehead atoms. The van der Waals surface area contributed by atoms with E-state index in [0.717, 1.165) is 5.56 Å². The Morgan fingerprint density at radius 3 is 2.62 bits per heavy atom. The Morgan fingerprint density at radius 2 is 2.15 bits per heavy atom. The standard InChI is InChI=1S/C9H9BrClFO/c1-4-3-6(10)9(12)7(5(2)13)8(4)11/h3,5,13H,1-2H3. The van der Waals surface area contributed by atoms with E-state index in [9.17, 15) is 9.50 Å². The maximum Gasteiger partial charge on any atom is 0.144 e. The Balaban J connectivity index is 3.46. The van der Waals surface area contributed by atoms with Crippen LogP contribution in [-0.4, -0.2) is 5.11 Å². The summed E-state index contributed by atoms with van der Waals surface area (Å²) in [7, 11) is 0. The average Bonchev–Trinajstić information content (AvgIpc) is 2.01. The second-order valence-electron chi connectivity index (χ2n) is 2.89. The lowest BCUT2D eigenvalue weighted by molar-refractivity contribution is 0.194. The van der Waals surface area contributed by atoms with Crippen molar-refractivity contribution in [3.63, 3.8) is 0 Å². The van der Waals surface area contributed by atoms with Crippen LogP contribution >= 0.6 is 27.5 Å². The summed E-state index contributed by atoms with van der Waals surface area (Å²) in [5.74, 6) is -0.495. The number of benzene rings is 1. The third kappa shape index (κ3) is 2.03. The highest BCUT2D eigenvalue weighted by atomic mass is 79.9. The monoisotopic (exact) mass is 266 g/mol. The summed E-state index contributed by atoms with van der Waals surface area (Å²) in [6.45, 7) is 3.24. The van der Waals surface area contributed by atoms with E-state index < -0.39 is 11.9 Å². The zero-order valence-corrected chi connectivity index (χ0v) is 9.58.